The molecule has 1 heterocycles. The number of aromatic nitrogens is 2. The van der Waals surface area contributed by atoms with Crippen LogP contribution >= 0.6 is 11.6 Å². The zero-order valence-corrected chi connectivity index (χ0v) is 11.9. The second kappa shape index (κ2) is 5.25. The predicted octanol–water partition coefficient (Wildman–Crippen LogP) is 0.452. The average molecular weight is 294 g/mol. The Morgan fingerprint density at radius 1 is 1.50 bits per heavy atom. The highest BCUT2D eigenvalue weighted by atomic mass is 35.5. The average Bonchev–Trinajstić information content (AvgIpc) is 2.16. The maximum Gasteiger partial charge on any atom is 0.224 e. The quantitative estimate of drug-likeness (QED) is 0.680. The lowest BCUT2D eigenvalue weighted by Gasteiger charge is -2.25. The van der Waals surface area contributed by atoms with Gasteiger partial charge >= 0.3 is 0 Å². The van der Waals surface area contributed by atoms with E-state index in [1.807, 2.05) is 0 Å². The number of nitrogen functional groups attached to an aromatic ring is 1. The summed E-state index contributed by atoms with van der Waals surface area (Å²) >= 11 is 5.64. The number of hydrogen-bond donors (Lipinski definition) is 3. The molecule has 7 nitrogen and oxygen atoms in total. The normalized spacial score (nSPS) is 12.4. The fourth-order valence-corrected chi connectivity index (χ4v) is 2.56. The molecule has 0 spiro atoms. The van der Waals surface area contributed by atoms with Crippen LogP contribution in [-0.4, -0.2) is 36.7 Å². The van der Waals surface area contributed by atoms with Crippen LogP contribution in [0.5, 0.6) is 0 Å². The Kier molecular flexibility index (Phi) is 4.36. The van der Waals surface area contributed by atoms with E-state index in [4.69, 9.17) is 17.3 Å². The first-order chi connectivity index (χ1) is 8.09. The van der Waals surface area contributed by atoms with E-state index in [1.54, 1.807) is 13.8 Å². The first-order valence-corrected chi connectivity index (χ1v) is 7.37. The maximum atomic E-state index is 11.2. The van der Waals surface area contributed by atoms with E-state index in [9.17, 15) is 8.42 Å². The number of sulfonamides is 1. The van der Waals surface area contributed by atoms with Gasteiger partial charge < -0.3 is 11.1 Å². The van der Waals surface area contributed by atoms with Crippen molar-refractivity contribution in [2.24, 2.45) is 0 Å². The largest absolute Gasteiger partial charge is 0.394 e. The van der Waals surface area contributed by atoms with E-state index in [-0.39, 0.29) is 5.28 Å². The lowest BCUT2D eigenvalue weighted by Crippen LogP contribution is -2.47. The van der Waals surface area contributed by atoms with Crippen LogP contribution in [-0.2, 0) is 10.0 Å². The van der Waals surface area contributed by atoms with Gasteiger partial charge in [0.2, 0.25) is 15.3 Å². The molecule has 0 fully saturated rings. The summed E-state index contributed by atoms with van der Waals surface area (Å²) in [5, 5.41) is 3.00. The fraction of sp³-hybridized carbons (Fsp3) is 0.556. The van der Waals surface area contributed by atoms with Crippen LogP contribution < -0.4 is 15.8 Å². The number of halogens is 1. The Morgan fingerprint density at radius 3 is 2.67 bits per heavy atom. The molecule has 0 bridgehead atoms. The molecule has 1 rings (SSSR count). The minimum absolute atomic E-state index is 0.0700. The van der Waals surface area contributed by atoms with Gasteiger partial charge in [0.1, 0.15) is 0 Å². The van der Waals surface area contributed by atoms with Gasteiger partial charge in [-0.2, -0.15) is 4.98 Å². The molecule has 0 aromatic carbocycles. The summed E-state index contributed by atoms with van der Waals surface area (Å²) in [6.07, 6.45) is 2.49. The topological polar surface area (TPSA) is 110 Å². The Labute approximate surface area is 111 Å². The van der Waals surface area contributed by atoms with Crippen molar-refractivity contribution in [2.45, 2.75) is 19.4 Å². The van der Waals surface area contributed by atoms with E-state index in [0.717, 1.165) is 6.26 Å². The second-order valence-corrected chi connectivity index (χ2v) is 6.64. The SMILES string of the molecule is CC(C)(CNc1nc(Cl)ncc1N)NS(C)(=O)=O. The molecule has 0 aliphatic heterocycles. The molecule has 0 unspecified atom stereocenters. The van der Waals surface area contributed by atoms with Crippen LogP contribution in [0, 0.1) is 0 Å². The molecule has 0 atom stereocenters. The molecule has 102 valence electrons. The van der Waals surface area contributed by atoms with Crippen molar-refractivity contribution in [1.29, 1.82) is 0 Å². The van der Waals surface area contributed by atoms with Crippen LogP contribution in [0.15, 0.2) is 6.20 Å². The van der Waals surface area contributed by atoms with Crippen LogP contribution in [0.25, 0.3) is 0 Å². The van der Waals surface area contributed by atoms with Crippen molar-refractivity contribution in [2.75, 3.05) is 23.9 Å². The summed E-state index contributed by atoms with van der Waals surface area (Å²) in [6, 6.07) is 0. The van der Waals surface area contributed by atoms with Crippen molar-refractivity contribution in [3.05, 3.63) is 11.5 Å². The van der Waals surface area contributed by atoms with E-state index < -0.39 is 15.6 Å². The van der Waals surface area contributed by atoms with Gasteiger partial charge in [0.25, 0.3) is 0 Å². The van der Waals surface area contributed by atoms with Gasteiger partial charge in [-0.1, -0.05) is 0 Å². The molecule has 0 amide bonds. The molecule has 0 aliphatic rings. The summed E-state index contributed by atoms with van der Waals surface area (Å²) in [6.45, 7) is 3.78. The summed E-state index contributed by atoms with van der Waals surface area (Å²) in [7, 11) is -3.28. The zero-order chi connectivity index (χ0) is 14.0. The summed E-state index contributed by atoms with van der Waals surface area (Å²) in [5.41, 5.74) is 5.32. The Bertz CT molecular complexity index is 532. The number of anilines is 2. The second-order valence-electron chi connectivity index (χ2n) is 4.55. The van der Waals surface area contributed by atoms with Gasteiger partial charge in [0.15, 0.2) is 5.82 Å². The van der Waals surface area contributed by atoms with Gasteiger partial charge in [-0.3, -0.25) is 0 Å². The summed E-state index contributed by atoms with van der Waals surface area (Å²) in [5.74, 6) is 0.373. The molecule has 0 radical (unpaired) electrons. The molecule has 18 heavy (non-hydrogen) atoms. The zero-order valence-electron chi connectivity index (χ0n) is 10.4. The Morgan fingerprint density at radius 2 is 2.11 bits per heavy atom. The van der Waals surface area contributed by atoms with E-state index in [1.165, 1.54) is 6.20 Å². The lowest BCUT2D eigenvalue weighted by atomic mass is 10.1. The minimum Gasteiger partial charge on any atom is -0.394 e. The molecule has 1 aromatic heterocycles. The van der Waals surface area contributed by atoms with Crippen molar-refractivity contribution >= 4 is 33.1 Å². The standard InChI is InChI=1S/C9H16ClN5O2S/c1-9(2,15-18(3,16)17)5-13-7-6(11)4-12-8(10)14-7/h4,15H,5,11H2,1-3H3,(H,12,13,14). The van der Waals surface area contributed by atoms with E-state index in [0.29, 0.717) is 18.1 Å². The van der Waals surface area contributed by atoms with Crippen LogP contribution in [0.4, 0.5) is 11.5 Å². The predicted molar refractivity (Wildman–Crippen MR) is 72.0 cm³/mol. The monoisotopic (exact) mass is 293 g/mol. The molecule has 4 N–H and O–H groups in total. The van der Waals surface area contributed by atoms with Crippen LogP contribution in [0.3, 0.4) is 0 Å². The Hall–Kier alpha value is -1.12. The third-order valence-electron chi connectivity index (χ3n) is 1.95. The smallest absolute Gasteiger partial charge is 0.224 e. The van der Waals surface area contributed by atoms with Gasteiger partial charge in [0, 0.05) is 12.1 Å². The van der Waals surface area contributed by atoms with Crippen molar-refractivity contribution in [3.63, 3.8) is 0 Å². The van der Waals surface area contributed by atoms with Crippen LogP contribution in [0.1, 0.15) is 13.8 Å². The fourth-order valence-electron chi connectivity index (χ4n) is 1.35. The highest BCUT2D eigenvalue weighted by molar-refractivity contribution is 7.88. The molecule has 0 saturated carbocycles. The number of nitrogens with two attached hydrogens (primary N) is 1. The number of hydrogen-bond acceptors (Lipinski definition) is 6. The van der Waals surface area contributed by atoms with Crippen LogP contribution in [0.2, 0.25) is 5.28 Å². The molecule has 0 saturated heterocycles. The number of nitrogens with zero attached hydrogens (tertiary/aromatic N) is 2. The summed E-state index contributed by atoms with van der Waals surface area (Å²) < 4.78 is 24.8. The third-order valence-corrected chi connectivity index (χ3v) is 3.05. The third kappa shape index (κ3) is 5.03. The first kappa shape index (κ1) is 14.9. The van der Waals surface area contributed by atoms with Crippen molar-refractivity contribution < 1.29 is 8.42 Å². The van der Waals surface area contributed by atoms with Gasteiger partial charge in [-0.05, 0) is 25.4 Å². The molecule has 9 heteroatoms. The van der Waals surface area contributed by atoms with Gasteiger partial charge in [-0.15, -0.1) is 0 Å². The highest BCUT2D eigenvalue weighted by Crippen LogP contribution is 2.17. The first-order valence-electron chi connectivity index (χ1n) is 5.10. The molecular formula is C9H16ClN5O2S. The van der Waals surface area contributed by atoms with E-state index >= 15 is 0 Å². The molecular weight excluding hydrogens is 278 g/mol. The molecule has 0 aliphatic carbocycles. The Balaban J connectivity index is 2.72. The van der Waals surface area contributed by atoms with Crippen molar-refractivity contribution in [3.8, 4) is 0 Å². The summed E-state index contributed by atoms with van der Waals surface area (Å²) in [4.78, 5) is 7.63. The number of rotatable bonds is 5. The highest BCUT2D eigenvalue weighted by Gasteiger charge is 2.22. The number of nitrogens with one attached hydrogen (secondary N) is 2. The van der Waals surface area contributed by atoms with Gasteiger partial charge in [-0.25, -0.2) is 18.1 Å². The lowest BCUT2D eigenvalue weighted by molar-refractivity contribution is 0.476. The maximum absolute atomic E-state index is 11.2. The van der Waals surface area contributed by atoms with Gasteiger partial charge in [0.05, 0.1) is 18.1 Å². The minimum atomic E-state index is -3.28. The molecule has 1 aromatic rings. The van der Waals surface area contributed by atoms with E-state index in [2.05, 4.69) is 20.0 Å². The van der Waals surface area contributed by atoms with Crippen molar-refractivity contribution in [1.82, 2.24) is 14.7 Å².